The number of furan rings is 1. The van der Waals surface area contributed by atoms with Crippen molar-refractivity contribution in [1.82, 2.24) is 10.2 Å². The summed E-state index contributed by atoms with van der Waals surface area (Å²) in [4.78, 5) is 14.1. The maximum absolute atomic E-state index is 12.2. The number of carbonyl (C=O) groups is 1. The topological polar surface area (TPSA) is 45.5 Å². The van der Waals surface area contributed by atoms with Gasteiger partial charge in [-0.1, -0.05) is 11.6 Å². The Bertz CT molecular complexity index is 603. The van der Waals surface area contributed by atoms with Gasteiger partial charge >= 0.3 is 0 Å². The fourth-order valence-corrected chi connectivity index (χ4v) is 2.55. The monoisotopic (exact) mass is 278 g/mol. The number of benzene rings is 1. The Morgan fingerprint density at radius 2 is 2.16 bits per heavy atom. The number of nitrogens with zero attached hydrogens (tertiary/aromatic N) is 1. The summed E-state index contributed by atoms with van der Waals surface area (Å²) in [6.45, 7) is 3.28. The van der Waals surface area contributed by atoms with Crippen LogP contribution in [0.15, 0.2) is 28.9 Å². The molecule has 0 unspecified atom stereocenters. The molecule has 1 N–H and O–H groups in total. The Morgan fingerprint density at radius 3 is 2.95 bits per heavy atom. The molecule has 4 nitrogen and oxygen atoms in total. The third-order valence-electron chi connectivity index (χ3n) is 3.43. The van der Waals surface area contributed by atoms with Gasteiger partial charge in [0.15, 0.2) is 0 Å². The number of carbonyl (C=O) groups excluding carboxylic acids is 1. The van der Waals surface area contributed by atoms with Gasteiger partial charge in [0.1, 0.15) is 5.58 Å². The molecule has 1 fully saturated rings. The normalized spacial score (nSPS) is 15.9. The molecule has 0 saturated carbocycles. The summed E-state index contributed by atoms with van der Waals surface area (Å²) in [5.74, 6) is 0.143. The van der Waals surface area contributed by atoms with E-state index in [1.807, 2.05) is 17.0 Å². The average molecular weight is 279 g/mol. The van der Waals surface area contributed by atoms with Crippen molar-refractivity contribution in [2.75, 3.05) is 26.2 Å². The first kappa shape index (κ1) is 12.5. The lowest BCUT2D eigenvalue weighted by molar-refractivity contribution is -0.131. The second kappa shape index (κ2) is 5.23. The molecule has 1 amide bonds. The second-order valence-corrected chi connectivity index (χ2v) is 5.15. The van der Waals surface area contributed by atoms with Gasteiger partial charge in [-0.15, -0.1) is 0 Å². The molecule has 2 heterocycles. The minimum absolute atomic E-state index is 0.143. The van der Waals surface area contributed by atoms with Crippen molar-refractivity contribution in [3.05, 3.63) is 35.0 Å². The van der Waals surface area contributed by atoms with Crippen molar-refractivity contribution < 1.29 is 9.21 Å². The van der Waals surface area contributed by atoms with Crippen LogP contribution in [-0.4, -0.2) is 37.0 Å². The van der Waals surface area contributed by atoms with Crippen LogP contribution in [-0.2, 0) is 11.2 Å². The van der Waals surface area contributed by atoms with Crippen LogP contribution in [0.5, 0.6) is 0 Å². The van der Waals surface area contributed by atoms with Gasteiger partial charge < -0.3 is 14.6 Å². The largest absolute Gasteiger partial charge is 0.464 e. The number of hydrogen-bond acceptors (Lipinski definition) is 3. The molecule has 0 bridgehead atoms. The SMILES string of the molecule is O=C(Cc1coc2ccc(Cl)cc12)N1CCNCC1. The average Bonchev–Trinajstić information content (AvgIpc) is 2.82. The Hall–Kier alpha value is -1.52. The van der Waals surface area contributed by atoms with Crippen LogP contribution in [0.3, 0.4) is 0 Å². The maximum atomic E-state index is 12.2. The van der Waals surface area contributed by atoms with Gasteiger partial charge in [0, 0.05) is 42.2 Å². The predicted octanol–water partition coefficient (Wildman–Crippen LogP) is 2.06. The Morgan fingerprint density at radius 1 is 1.37 bits per heavy atom. The van der Waals surface area contributed by atoms with Gasteiger partial charge in [-0.2, -0.15) is 0 Å². The highest BCUT2D eigenvalue weighted by atomic mass is 35.5. The lowest BCUT2D eigenvalue weighted by Gasteiger charge is -2.27. The zero-order valence-electron chi connectivity index (χ0n) is 10.5. The molecule has 0 radical (unpaired) electrons. The molecule has 5 heteroatoms. The Balaban J connectivity index is 1.80. The van der Waals surface area contributed by atoms with Crippen LogP contribution in [0.2, 0.25) is 5.02 Å². The highest BCUT2D eigenvalue weighted by molar-refractivity contribution is 6.31. The van der Waals surface area contributed by atoms with E-state index in [-0.39, 0.29) is 5.91 Å². The minimum Gasteiger partial charge on any atom is -0.464 e. The summed E-state index contributed by atoms with van der Waals surface area (Å²) in [6.07, 6.45) is 2.02. The summed E-state index contributed by atoms with van der Waals surface area (Å²) in [6, 6.07) is 5.46. The second-order valence-electron chi connectivity index (χ2n) is 4.71. The van der Waals surface area contributed by atoms with E-state index in [0.29, 0.717) is 11.4 Å². The van der Waals surface area contributed by atoms with Crippen molar-refractivity contribution >= 4 is 28.5 Å². The van der Waals surface area contributed by atoms with Crippen LogP contribution >= 0.6 is 11.6 Å². The smallest absolute Gasteiger partial charge is 0.227 e. The summed E-state index contributed by atoms with van der Waals surface area (Å²) in [5, 5.41) is 4.82. The predicted molar refractivity (Wildman–Crippen MR) is 74.4 cm³/mol. The fraction of sp³-hybridized carbons (Fsp3) is 0.357. The van der Waals surface area contributed by atoms with Gasteiger partial charge in [-0.25, -0.2) is 0 Å². The minimum atomic E-state index is 0.143. The van der Waals surface area contributed by atoms with E-state index >= 15 is 0 Å². The third kappa shape index (κ3) is 2.60. The number of amides is 1. The number of fused-ring (bicyclic) bond motifs is 1. The molecule has 2 aromatic rings. The zero-order valence-corrected chi connectivity index (χ0v) is 11.2. The van der Waals surface area contributed by atoms with Crippen LogP contribution in [0.4, 0.5) is 0 Å². The van der Waals surface area contributed by atoms with E-state index in [0.717, 1.165) is 42.7 Å². The molecule has 19 heavy (non-hydrogen) atoms. The molecular formula is C14H15ClN2O2. The summed E-state index contributed by atoms with van der Waals surface area (Å²) in [5.41, 5.74) is 1.67. The highest BCUT2D eigenvalue weighted by Crippen LogP contribution is 2.25. The van der Waals surface area contributed by atoms with E-state index in [1.54, 1.807) is 12.3 Å². The maximum Gasteiger partial charge on any atom is 0.227 e. The quantitative estimate of drug-likeness (QED) is 0.915. The first-order valence-electron chi connectivity index (χ1n) is 6.38. The van der Waals surface area contributed by atoms with Crippen LogP contribution < -0.4 is 5.32 Å². The molecular weight excluding hydrogens is 264 g/mol. The van der Waals surface area contributed by atoms with Gasteiger partial charge in [0.25, 0.3) is 0 Å². The highest BCUT2D eigenvalue weighted by Gasteiger charge is 2.18. The summed E-state index contributed by atoms with van der Waals surface area (Å²) in [7, 11) is 0. The molecule has 0 atom stereocenters. The molecule has 1 aromatic heterocycles. The number of rotatable bonds is 2. The Kier molecular flexibility index (Phi) is 3.44. The van der Waals surface area contributed by atoms with Crippen molar-refractivity contribution in [3.63, 3.8) is 0 Å². The van der Waals surface area contributed by atoms with E-state index in [4.69, 9.17) is 16.0 Å². The van der Waals surface area contributed by atoms with E-state index < -0.39 is 0 Å². The fourth-order valence-electron chi connectivity index (χ4n) is 2.38. The lowest BCUT2D eigenvalue weighted by atomic mass is 10.1. The zero-order chi connectivity index (χ0) is 13.2. The molecule has 3 rings (SSSR count). The van der Waals surface area contributed by atoms with E-state index in [9.17, 15) is 4.79 Å². The Labute approximate surface area is 116 Å². The summed E-state index contributed by atoms with van der Waals surface area (Å²) < 4.78 is 5.45. The molecule has 1 aliphatic rings. The van der Waals surface area contributed by atoms with Gasteiger partial charge in [-0.05, 0) is 18.2 Å². The molecule has 100 valence electrons. The standard InChI is InChI=1S/C14H15ClN2O2/c15-11-1-2-13-12(8-11)10(9-19-13)7-14(18)17-5-3-16-4-6-17/h1-2,8-9,16H,3-7H2. The van der Waals surface area contributed by atoms with E-state index in [1.165, 1.54) is 0 Å². The van der Waals surface area contributed by atoms with Crippen LogP contribution in [0.1, 0.15) is 5.56 Å². The molecule has 1 aromatic carbocycles. The first-order chi connectivity index (χ1) is 9.24. The van der Waals surface area contributed by atoms with Crippen molar-refractivity contribution in [3.8, 4) is 0 Å². The molecule has 0 aliphatic carbocycles. The van der Waals surface area contributed by atoms with Crippen molar-refractivity contribution in [2.45, 2.75) is 6.42 Å². The number of halogens is 1. The lowest BCUT2D eigenvalue weighted by Crippen LogP contribution is -2.46. The number of piperazine rings is 1. The van der Waals surface area contributed by atoms with E-state index in [2.05, 4.69) is 5.32 Å². The van der Waals surface area contributed by atoms with Crippen molar-refractivity contribution in [1.29, 1.82) is 0 Å². The first-order valence-corrected chi connectivity index (χ1v) is 6.76. The molecule has 0 spiro atoms. The van der Waals surface area contributed by atoms with Gasteiger partial charge in [-0.3, -0.25) is 4.79 Å². The van der Waals surface area contributed by atoms with Crippen molar-refractivity contribution in [2.24, 2.45) is 0 Å². The molecule has 1 aliphatic heterocycles. The summed E-state index contributed by atoms with van der Waals surface area (Å²) >= 11 is 5.99. The van der Waals surface area contributed by atoms with Crippen LogP contribution in [0.25, 0.3) is 11.0 Å². The van der Waals surface area contributed by atoms with Gasteiger partial charge in [0.2, 0.25) is 5.91 Å². The number of hydrogen-bond donors (Lipinski definition) is 1. The van der Waals surface area contributed by atoms with Gasteiger partial charge in [0.05, 0.1) is 12.7 Å². The van der Waals surface area contributed by atoms with Crippen LogP contribution in [0, 0.1) is 0 Å². The molecule has 1 saturated heterocycles. The third-order valence-corrected chi connectivity index (χ3v) is 3.66. The number of nitrogens with one attached hydrogen (secondary N) is 1.